The molecule has 4 unspecified atom stereocenters. The first-order valence-electron chi connectivity index (χ1n) is 42.7. The van der Waals surface area contributed by atoms with Gasteiger partial charge in [-0.3, -0.25) is 24.0 Å². The fraction of sp³-hybridized carbons (Fsp3) is 0.596. The molecule has 29 heteroatoms. The van der Waals surface area contributed by atoms with E-state index in [4.69, 9.17) is 44.3 Å². The quantitative estimate of drug-likeness (QED) is 0.0106. The minimum Gasteiger partial charge on any atom is -0.870 e. The zero-order valence-corrected chi connectivity index (χ0v) is 81.1. The summed E-state index contributed by atoms with van der Waals surface area (Å²) in [6, 6.07) is 26.6. The summed E-state index contributed by atoms with van der Waals surface area (Å²) in [6.45, 7) is 67.1. The summed E-state index contributed by atoms with van der Waals surface area (Å²) in [5.74, 6) is 4.67. The summed E-state index contributed by atoms with van der Waals surface area (Å²) >= 11 is 3.36. The number of rotatable bonds is 42. The molecule has 2 aromatic heterocycles. The van der Waals surface area contributed by atoms with Gasteiger partial charge in [-0.15, -0.1) is 22.7 Å². The zero-order valence-electron chi connectivity index (χ0n) is 79.5. The van der Waals surface area contributed by atoms with Gasteiger partial charge in [0.25, 0.3) is 6.47 Å². The summed E-state index contributed by atoms with van der Waals surface area (Å²) in [4.78, 5) is 121. The summed E-state index contributed by atoms with van der Waals surface area (Å²) in [6.07, 6.45) is 11.7. The van der Waals surface area contributed by atoms with Crippen molar-refractivity contribution in [1.82, 2.24) is 20.6 Å². The van der Waals surface area contributed by atoms with Crippen LogP contribution in [0, 0.1) is 61.2 Å². The van der Waals surface area contributed by atoms with Crippen LogP contribution < -0.4 is 70.8 Å². The van der Waals surface area contributed by atoms with E-state index in [1.54, 1.807) is 22.7 Å². The Morgan fingerprint density at radius 2 is 0.715 bits per heavy atom. The number of ether oxygens (including phenoxy) is 1. The van der Waals surface area contributed by atoms with E-state index in [2.05, 4.69) is 295 Å². The van der Waals surface area contributed by atoms with Crippen LogP contribution in [0.25, 0.3) is 0 Å². The Morgan fingerprint density at radius 3 is 0.967 bits per heavy atom. The van der Waals surface area contributed by atoms with E-state index in [0.717, 1.165) is 114 Å². The number of nitrogen functional groups attached to an aromatic ring is 1. The van der Waals surface area contributed by atoms with Gasteiger partial charge in [-0.2, -0.15) is 28.8 Å². The van der Waals surface area contributed by atoms with Crippen molar-refractivity contribution in [1.29, 1.82) is 0 Å². The number of nitrogens with zero attached hydrogens (tertiary/aromatic N) is 6. The normalized spacial score (nSPS) is 11.3. The SMILES string of the molecule is CC(=O)NCC(=O)O.CCCC(C)c1ccc(N(CC(C)C)CC(C)C)c(N)c1.CCCC(C)c1ccc(N(CC(C)C)CC(C)C)c(NC(=O)CNC(C)=O)c1.CCCC(C)c1ccc(N(CC(C)C)CC(C)C)c(Nc2cnc(C)s2)c1.Cc1ncc(Nc2cc(C(C)COC=O)ccc2N(CC(C)C)CC(C)C)s1.O=C=O.O=C=O.O=C=O.[Li+].[OH-]. The number of amides is 3. The van der Waals surface area contributed by atoms with Crippen molar-refractivity contribution in [3.8, 4) is 0 Å². The maximum Gasteiger partial charge on any atom is 1.00 e. The number of benzene rings is 4. The second-order valence-electron chi connectivity index (χ2n) is 34.1. The average Bonchev–Trinajstić information content (AvgIpc) is 1.55. The molecule has 0 aliphatic heterocycles. The molecule has 0 aliphatic carbocycles. The number of anilines is 10. The molecule has 0 radical (unpaired) electrons. The van der Waals surface area contributed by atoms with Crippen LogP contribution in [0.5, 0.6) is 0 Å². The summed E-state index contributed by atoms with van der Waals surface area (Å²) in [7, 11) is 0. The number of aryl methyl sites for hydroxylation is 2. The van der Waals surface area contributed by atoms with E-state index in [9.17, 15) is 24.0 Å². The van der Waals surface area contributed by atoms with Gasteiger partial charge in [0.2, 0.25) is 17.7 Å². The molecule has 2 heterocycles. The minimum atomic E-state index is -1.03. The van der Waals surface area contributed by atoms with Gasteiger partial charge in [0, 0.05) is 72.1 Å². The van der Waals surface area contributed by atoms with Crippen LogP contribution >= 0.6 is 22.7 Å². The third-order valence-electron chi connectivity index (χ3n) is 18.0. The molecule has 0 fully saturated rings. The largest absolute Gasteiger partial charge is 1.00 e. The number of thiazole rings is 2. The molecule has 26 nitrogen and oxygen atoms in total. The topological polar surface area (TPSA) is 372 Å². The van der Waals surface area contributed by atoms with E-state index >= 15 is 0 Å². The third-order valence-corrected chi connectivity index (χ3v) is 19.7. The Kier molecular flexibility index (Phi) is 66.6. The van der Waals surface area contributed by atoms with Crippen LogP contribution in [-0.2, 0) is 57.5 Å². The van der Waals surface area contributed by atoms with Crippen LogP contribution in [0.1, 0.15) is 268 Å². The molecule has 123 heavy (non-hydrogen) atoms. The first-order valence-corrected chi connectivity index (χ1v) is 44.3. The molecule has 4 atom stereocenters. The van der Waals surface area contributed by atoms with Gasteiger partial charge in [0.1, 0.15) is 16.5 Å². The maximum atomic E-state index is 12.4. The van der Waals surface area contributed by atoms with E-state index in [-0.39, 0.29) is 79.5 Å². The summed E-state index contributed by atoms with van der Waals surface area (Å²) < 4.78 is 4.97. The Morgan fingerprint density at radius 1 is 0.447 bits per heavy atom. The number of aliphatic carboxylic acids is 1. The molecule has 0 spiro atoms. The smallest absolute Gasteiger partial charge is 0.870 e. The summed E-state index contributed by atoms with van der Waals surface area (Å²) in [5, 5.41) is 27.2. The van der Waals surface area contributed by atoms with E-state index in [1.165, 1.54) is 79.0 Å². The number of carboxylic acids is 1. The van der Waals surface area contributed by atoms with Crippen molar-refractivity contribution >= 4 is 127 Å². The van der Waals surface area contributed by atoms with E-state index in [0.29, 0.717) is 78.2 Å². The molecule has 6 rings (SSSR count). The van der Waals surface area contributed by atoms with Crippen molar-refractivity contribution in [2.75, 3.05) is 113 Å². The predicted octanol–water partition coefficient (Wildman–Crippen LogP) is 17.2. The van der Waals surface area contributed by atoms with E-state index in [1.807, 2.05) is 19.3 Å². The molecule has 0 bridgehead atoms. The molecule has 0 aliphatic rings. The van der Waals surface area contributed by atoms with Gasteiger partial charge >= 0.3 is 43.3 Å². The van der Waals surface area contributed by atoms with Crippen molar-refractivity contribution in [3.63, 3.8) is 0 Å². The molecular weight excluding hydrogens is 1590 g/mol. The Balaban J connectivity index is -0.000000719. The van der Waals surface area contributed by atoms with Crippen molar-refractivity contribution in [3.05, 3.63) is 117 Å². The molecule has 3 amide bonds. The molecule has 684 valence electrons. The average molecular weight is 1740 g/mol. The van der Waals surface area contributed by atoms with Crippen LogP contribution in [0.2, 0.25) is 0 Å². The van der Waals surface area contributed by atoms with Gasteiger partial charge < -0.3 is 67.2 Å². The number of carbonyl (C=O) groups is 5. The predicted molar refractivity (Wildman–Crippen MR) is 499 cm³/mol. The second-order valence-corrected chi connectivity index (χ2v) is 36.5. The number of nitrogens with one attached hydrogen (secondary N) is 5. The van der Waals surface area contributed by atoms with Crippen molar-refractivity contribution < 1.29 is 86.9 Å². The minimum absolute atomic E-state index is 0. The molecule has 0 saturated carbocycles. The second kappa shape index (κ2) is 68.2. The number of hydrogen-bond donors (Lipinski definition) is 7. The van der Waals surface area contributed by atoms with Crippen LogP contribution in [0.3, 0.4) is 0 Å². The Labute approximate surface area is 756 Å². The van der Waals surface area contributed by atoms with Crippen molar-refractivity contribution in [2.45, 2.75) is 249 Å². The van der Waals surface area contributed by atoms with Gasteiger partial charge in [-0.05, 0) is 169 Å². The first kappa shape index (κ1) is 120. The molecule has 0 saturated heterocycles. The Bertz CT molecular complexity index is 3940. The fourth-order valence-electron chi connectivity index (χ4n) is 13.3. The first-order chi connectivity index (χ1) is 56.9. The fourth-order valence-corrected chi connectivity index (χ4v) is 14.6. The zero-order chi connectivity index (χ0) is 92.6. The van der Waals surface area contributed by atoms with E-state index < -0.39 is 5.97 Å². The number of hydrogen-bond acceptors (Lipinski definition) is 24. The molecular formula is C94H151LiN12O14S2. The number of nitrogens with two attached hydrogens (primary N) is 1. The van der Waals surface area contributed by atoms with Gasteiger partial charge in [-0.1, -0.05) is 203 Å². The van der Waals surface area contributed by atoms with Crippen molar-refractivity contribution in [2.24, 2.45) is 47.3 Å². The summed E-state index contributed by atoms with van der Waals surface area (Å²) in [5.41, 5.74) is 20.3. The number of carbonyl (C=O) groups excluding carboxylic acids is 10. The third kappa shape index (κ3) is 54.2. The van der Waals surface area contributed by atoms with Gasteiger partial charge in [0.15, 0.2) is 0 Å². The van der Waals surface area contributed by atoms with Crippen LogP contribution in [-0.4, -0.2) is 141 Å². The maximum absolute atomic E-state index is 12.4. The molecule has 6 aromatic rings. The van der Waals surface area contributed by atoms with Crippen LogP contribution in [0.15, 0.2) is 85.2 Å². The van der Waals surface area contributed by atoms with Gasteiger partial charge in [0.05, 0.1) is 81.1 Å². The molecule has 4 aromatic carbocycles. The Hall–Kier alpha value is -9.21. The monoisotopic (exact) mass is 1740 g/mol. The number of aromatic nitrogens is 2. The molecule has 9 N–H and O–H groups in total. The van der Waals surface area contributed by atoms with Gasteiger partial charge in [-0.25, -0.2) is 9.97 Å². The standard InChI is InChI=1S/C23H39N3O2.C23H37N3S.C22H33N3O2S.C19H34N2.C4H7NO3.3CO2.Li.H2O/c1-8-9-18(6)20-10-11-22(26(14-16(2)3)15-17(4)5)21(12-20)25-23(28)13-24-19(7)27;1-8-9-18(6)20-10-11-22(26(14-16(2)3)15-17(4)5)21(12-20)25-23-13-24-19(7)27-23;1-15(2)11-25(12-16(3)4)21-8-7-19(17(5)13-27-14-26)9-20(21)24-22-10-23-18(6)28-22;1-7-8-16(6)17-9-10-19(18(20)11-17)21(12-14(2)3)13-15(4)5;1-3(6)5-2-4(7)8;3*2-1-3;;/h10-12,16-18H,8-9,13-15H2,1-7H3,(H,24,27)(H,25,28);10-13,16-18,25H,8-9,14-15H2,1-7H3;7-10,14-17,24H,11-13H2,1-6H3;9-11,14-16H,7-8,12-13,20H2,1-6H3;2H2,1H3,(H,5,6)(H,7,8);;;;;1H2/q;;;;;;;;+1;/p-1. The van der Waals surface area contributed by atoms with Crippen LogP contribution in [0.4, 0.5) is 55.5 Å². The number of carboxylic acid groups (broad SMARTS) is 1.